The van der Waals surface area contributed by atoms with Crippen LogP contribution >= 0.6 is 0 Å². The highest BCUT2D eigenvalue weighted by molar-refractivity contribution is 5.86. The fourth-order valence-corrected chi connectivity index (χ4v) is 4.81. The van der Waals surface area contributed by atoms with Crippen LogP contribution in [0, 0.1) is 17.3 Å². The van der Waals surface area contributed by atoms with Gasteiger partial charge in [-0.25, -0.2) is 0 Å². The second kappa shape index (κ2) is 6.29. The van der Waals surface area contributed by atoms with E-state index in [1.54, 1.807) is 0 Å². The van der Waals surface area contributed by atoms with E-state index < -0.39 is 11.9 Å². The predicted octanol–water partition coefficient (Wildman–Crippen LogP) is 3.62. The number of aliphatic carboxylic acids is 1. The Bertz CT molecular complexity index is 529. The lowest BCUT2D eigenvalue weighted by atomic mass is 9.63. The van der Waals surface area contributed by atoms with Crippen LogP contribution in [0.1, 0.15) is 65.2 Å². The molecule has 2 unspecified atom stereocenters. The molecule has 1 saturated heterocycles. The molecule has 1 N–H and O–H groups in total. The number of likely N-dealkylation sites (tertiary alicyclic amines) is 1. The van der Waals surface area contributed by atoms with Crippen LogP contribution in [-0.4, -0.2) is 35.0 Å². The molecule has 3 rings (SSSR count). The zero-order chi connectivity index (χ0) is 16.6. The number of nitrogens with zero attached hydrogens (tertiary/aromatic N) is 1. The molecule has 0 bridgehead atoms. The smallest absolute Gasteiger partial charge is 0.307 e. The van der Waals surface area contributed by atoms with E-state index >= 15 is 0 Å². The molecule has 23 heavy (non-hydrogen) atoms. The van der Waals surface area contributed by atoms with Gasteiger partial charge in [-0.05, 0) is 56.8 Å². The molecule has 1 amide bonds. The second-order valence-electron chi connectivity index (χ2n) is 8.16. The molecule has 1 fully saturated rings. The number of carbonyl (C=O) groups excluding carboxylic acids is 1. The molecule has 1 heterocycles. The highest BCUT2D eigenvalue weighted by Gasteiger charge is 2.44. The first-order chi connectivity index (χ1) is 10.9. The zero-order valence-corrected chi connectivity index (χ0v) is 14.4. The van der Waals surface area contributed by atoms with Crippen molar-refractivity contribution in [1.82, 2.24) is 4.90 Å². The fraction of sp³-hybridized carbons (Fsp3) is 0.789. The standard InChI is InChI=1S/C19H29NO3/c1-19(2)8-6-7-13-11-14(15(18(22)23)12-16(13)19)17(21)20-9-4-3-5-10-20/h14-15H,3-12H2,1-2H3,(H,22,23). The van der Waals surface area contributed by atoms with Gasteiger partial charge in [0.15, 0.2) is 0 Å². The lowest BCUT2D eigenvalue weighted by molar-refractivity contribution is -0.151. The van der Waals surface area contributed by atoms with Crippen molar-refractivity contribution in [2.24, 2.45) is 17.3 Å². The van der Waals surface area contributed by atoms with Crippen molar-refractivity contribution in [2.45, 2.75) is 65.2 Å². The number of piperidine rings is 1. The Morgan fingerprint density at radius 1 is 1.04 bits per heavy atom. The SMILES string of the molecule is CC1(C)CCCC2=C1CC(C(=O)O)C(C(=O)N1CCCCC1)C2. The number of carboxylic acid groups (broad SMARTS) is 1. The summed E-state index contributed by atoms with van der Waals surface area (Å²) in [5.74, 6) is -1.60. The molecule has 2 atom stereocenters. The third-order valence-electron chi connectivity index (χ3n) is 6.20. The van der Waals surface area contributed by atoms with Gasteiger partial charge in [-0.3, -0.25) is 9.59 Å². The van der Waals surface area contributed by atoms with Crippen LogP contribution in [0.15, 0.2) is 11.1 Å². The summed E-state index contributed by atoms with van der Waals surface area (Å²) in [5.41, 5.74) is 2.81. The minimum absolute atomic E-state index is 0.0898. The normalized spacial score (nSPS) is 30.8. The summed E-state index contributed by atoms with van der Waals surface area (Å²) >= 11 is 0. The molecule has 128 valence electrons. The van der Waals surface area contributed by atoms with Crippen molar-refractivity contribution >= 4 is 11.9 Å². The lowest BCUT2D eigenvalue weighted by Gasteiger charge is -2.43. The molecule has 1 aliphatic heterocycles. The van der Waals surface area contributed by atoms with Crippen LogP contribution < -0.4 is 0 Å². The summed E-state index contributed by atoms with van der Waals surface area (Å²) in [6.45, 7) is 6.07. The van der Waals surface area contributed by atoms with E-state index in [9.17, 15) is 14.7 Å². The number of rotatable bonds is 2. The number of hydrogen-bond acceptors (Lipinski definition) is 2. The van der Waals surface area contributed by atoms with Crippen molar-refractivity contribution in [2.75, 3.05) is 13.1 Å². The van der Waals surface area contributed by atoms with Gasteiger partial charge in [-0.2, -0.15) is 0 Å². The van der Waals surface area contributed by atoms with E-state index in [0.717, 1.165) is 45.2 Å². The summed E-state index contributed by atoms with van der Waals surface area (Å²) in [5, 5.41) is 9.72. The maximum atomic E-state index is 12.9. The van der Waals surface area contributed by atoms with Gasteiger partial charge in [-0.1, -0.05) is 25.0 Å². The van der Waals surface area contributed by atoms with Crippen LogP contribution in [-0.2, 0) is 9.59 Å². The summed E-state index contributed by atoms with van der Waals surface area (Å²) in [7, 11) is 0. The molecule has 0 saturated carbocycles. The topological polar surface area (TPSA) is 57.6 Å². The first kappa shape index (κ1) is 16.5. The molecule has 0 aromatic heterocycles. The average Bonchev–Trinajstić information content (AvgIpc) is 2.53. The first-order valence-corrected chi connectivity index (χ1v) is 9.13. The van der Waals surface area contributed by atoms with Crippen molar-refractivity contribution < 1.29 is 14.7 Å². The van der Waals surface area contributed by atoms with E-state index in [1.807, 2.05) is 4.90 Å². The number of carbonyl (C=O) groups is 2. The number of amides is 1. The van der Waals surface area contributed by atoms with Crippen LogP contribution in [0.2, 0.25) is 0 Å². The molecule has 4 heteroatoms. The van der Waals surface area contributed by atoms with Crippen LogP contribution in [0.4, 0.5) is 0 Å². The first-order valence-electron chi connectivity index (χ1n) is 9.13. The van der Waals surface area contributed by atoms with Gasteiger partial charge in [0.2, 0.25) is 5.91 Å². The average molecular weight is 319 g/mol. The lowest BCUT2D eigenvalue weighted by Crippen LogP contribution is -2.46. The van der Waals surface area contributed by atoms with Crippen LogP contribution in [0.5, 0.6) is 0 Å². The summed E-state index contributed by atoms with van der Waals surface area (Å²) in [6, 6.07) is 0. The minimum Gasteiger partial charge on any atom is -0.481 e. The highest BCUT2D eigenvalue weighted by atomic mass is 16.4. The Kier molecular flexibility index (Phi) is 4.52. The van der Waals surface area contributed by atoms with Gasteiger partial charge in [0.1, 0.15) is 0 Å². The molecule has 4 nitrogen and oxygen atoms in total. The molecule has 3 aliphatic rings. The maximum Gasteiger partial charge on any atom is 0.307 e. The van der Waals surface area contributed by atoms with E-state index in [1.165, 1.54) is 17.6 Å². The van der Waals surface area contributed by atoms with E-state index in [0.29, 0.717) is 12.8 Å². The number of hydrogen-bond donors (Lipinski definition) is 1. The number of allylic oxidation sites excluding steroid dienone is 2. The second-order valence-corrected chi connectivity index (χ2v) is 8.16. The van der Waals surface area contributed by atoms with Crippen LogP contribution in [0.3, 0.4) is 0 Å². The minimum atomic E-state index is -0.798. The molecule has 0 aromatic carbocycles. The van der Waals surface area contributed by atoms with E-state index in [-0.39, 0.29) is 17.2 Å². The van der Waals surface area contributed by atoms with E-state index in [2.05, 4.69) is 13.8 Å². The molecular weight excluding hydrogens is 290 g/mol. The molecular formula is C19H29NO3. The third kappa shape index (κ3) is 3.17. The maximum absolute atomic E-state index is 12.9. The van der Waals surface area contributed by atoms with Crippen molar-refractivity contribution in [3.63, 3.8) is 0 Å². The molecule has 0 radical (unpaired) electrons. The highest BCUT2D eigenvalue weighted by Crippen LogP contribution is 2.49. The largest absolute Gasteiger partial charge is 0.481 e. The van der Waals surface area contributed by atoms with Gasteiger partial charge in [0, 0.05) is 13.1 Å². The third-order valence-corrected chi connectivity index (χ3v) is 6.20. The monoisotopic (exact) mass is 319 g/mol. The van der Waals surface area contributed by atoms with Gasteiger partial charge in [-0.15, -0.1) is 0 Å². The Hall–Kier alpha value is -1.32. The van der Waals surface area contributed by atoms with Crippen molar-refractivity contribution in [3.05, 3.63) is 11.1 Å². The Morgan fingerprint density at radius 2 is 1.74 bits per heavy atom. The van der Waals surface area contributed by atoms with Gasteiger partial charge >= 0.3 is 5.97 Å². The van der Waals surface area contributed by atoms with Crippen molar-refractivity contribution in [1.29, 1.82) is 0 Å². The summed E-state index contributed by atoms with van der Waals surface area (Å²) in [4.78, 5) is 26.7. The van der Waals surface area contributed by atoms with Gasteiger partial charge in [0.05, 0.1) is 11.8 Å². The number of carboxylic acids is 1. The zero-order valence-electron chi connectivity index (χ0n) is 14.4. The predicted molar refractivity (Wildman–Crippen MR) is 88.9 cm³/mol. The summed E-state index contributed by atoms with van der Waals surface area (Å²) < 4.78 is 0. The Balaban J connectivity index is 1.86. The van der Waals surface area contributed by atoms with Crippen molar-refractivity contribution in [3.8, 4) is 0 Å². The molecule has 2 aliphatic carbocycles. The van der Waals surface area contributed by atoms with Crippen LogP contribution in [0.25, 0.3) is 0 Å². The Labute approximate surface area is 138 Å². The van der Waals surface area contributed by atoms with Gasteiger partial charge < -0.3 is 10.0 Å². The fourth-order valence-electron chi connectivity index (χ4n) is 4.81. The summed E-state index contributed by atoms with van der Waals surface area (Å²) in [6.07, 6.45) is 7.87. The molecule has 0 aromatic rings. The molecule has 0 spiro atoms. The quantitative estimate of drug-likeness (QED) is 0.791. The van der Waals surface area contributed by atoms with Gasteiger partial charge in [0.25, 0.3) is 0 Å². The van der Waals surface area contributed by atoms with E-state index in [4.69, 9.17) is 0 Å². The Morgan fingerprint density at radius 3 is 2.39 bits per heavy atom.